The second-order valence-electron chi connectivity index (χ2n) is 7.39. The van der Waals surface area contributed by atoms with E-state index in [0.29, 0.717) is 18.3 Å². The second-order valence-corrected chi connectivity index (χ2v) is 7.39. The maximum absolute atomic E-state index is 12.8. The van der Waals surface area contributed by atoms with E-state index >= 15 is 0 Å². The number of hydrogen-bond donors (Lipinski definition) is 0. The van der Waals surface area contributed by atoms with E-state index in [1.54, 1.807) is 6.92 Å². The van der Waals surface area contributed by atoms with Gasteiger partial charge in [-0.2, -0.15) is 4.98 Å². The predicted octanol–water partition coefficient (Wildman–Crippen LogP) is 2.33. The van der Waals surface area contributed by atoms with Crippen LogP contribution in [-0.4, -0.2) is 65.1 Å². The molecule has 0 radical (unpaired) electrons. The summed E-state index contributed by atoms with van der Waals surface area (Å²) in [7, 11) is 0. The summed E-state index contributed by atoms with van der Waals surface area (Å²) in [5, 5.41) is 3.95. The van der Waals surface area contributed by atoms with Gasteiger partial charge in [-0.15, -0.1) is 0 Å². The third-order valence-corrected chi connectivity index (χ3v) is 5.43. The highest BCUT2D eigenvalue weighted by atomic mass is 16.5. The molecule has 2 aromatic rings. The number of carbonyl (C=O) groups is 1. The van der Waals surface area contributed by atoms with Crippen LogP contribution in [0.4, 0.5) is 5.69 Å². The third kappa shape index (κ3) is 4.30. The van der Waals surface area contributed by atoms with Crippen molar-refractivity contribution in [1.29, 1.82) is 0 Å². The Morgan fingerprint density at radius 3 is 2.33 bits per heavy atom. The number of anilines is 1. The molecule has 0 atom stereocenters. The molecule has 0 N–H and O–H groups in total. The van der Waals surface area contributed by atoms with Crippen LogP contribution in [0.1, 0.15) is 41.3 Å². The SMILES string of the molecule is Cc1nc(CN2CCN(C(=O)c3ccc(N4CCCCC4)cc3)CC2)no1. The average molecular weight is 369 g/mol. The zero-order valence-electron chi connectivity index (χ0n) is 15.9. The van der Waals surface area contributed by atoms with Gasteiger partial charge < -0.3 is 14.3 Å². The lowest BCUT2D eigenvalue weighted by atomic mass is 10.1. The van der Waals surface area contributed by atoms with Crippen molar-refractivity contribution < 1.29 is 9.32 Å². The van der Waals surface area contributed by atoms with Gasteiger partial charge in [0, 0.05) is 57.4 Å². The third-order valence-electron chi connectivity index (χ3n) is 5.43. The molecule has 144 valence electrons. The lowest BCUT2D eigenvalue weighted by Gasteiger charge is -2.34. The summed E-state index contributed by atoms with van der Waals surface area (Å²) in [5.41, 5.74) is 2.00. The predicted molar refractivity (Wildman–Crippen MR) is 103 cm³/mol. The molecule has 1 aromatic heterocycles. The van der Waals surface area contributed by atoms with Crippen LogP contribution < -0.4 is 4.90 Å². The maximum atomic E-state index is 12.8. The van der Waals surface area contributed by atoms with Crippen molar-refractivity contribution in [3.05, 3.63) is 41.5 Å². The van der Waals surface area contributed by atoms with E-state index in [2.05, 4.69) is 32.1 Å². The van der Waals surface area contributed by atoms with Crippen LogP contribution in [0.5, 0.6) is 0 Å². The number of piperazine rings is 1. The smallest absolute Gasteiger partial charge is 0.253 e. The van der Waals surface area contributed by atoms with Crippen molar-refractivity contribution in [3.63, 3.8) is 0 Å². The number of piperidine rings is 1. The molecule has 27 heavy (non-hydrogen) atoms. The van der Waals surface area contributed by atoms with Crippen LogP contribution in [0.3, 0.4) is 0 Å². The van der Waals surface area contributed by atoms with E-state index in [9.17, 15) is 4.79 Å². The van der Waals surface area contributed by atoms with E-state index in [1.807, 2.05) is 17.0 Å². The molecule has 2 aliphatic rings. The first kappa shape index (κ1) is 18.0. The number of carbonyl (C=O) groups excluding carboxylic acids is 1. The van der Waals surface area contributed by atoms with Crippen molar-refractivity contribution >= 4 is 11.6 Å². The highest BCUT2D eigenvalue weighted by Crippen LogP contribution is 2.21. The number of aryl methyl sites for hydroxylation is 1. The molecule has 2 saturated heterocycles. The molecular formula is C20H27N5O2. The van der Waals surface area contributed by atoms with Gasteiger partial charge in [0.15, 0.2) is 5.82 Å². The first-order valence-corrected chi connectivity index (χ1v) is 9.85. The number of aromatic nitrogens is 2. The van der Waals surface area contributed by atoms with E-state index in [4.69, 9.17) is 4.52 Å². The summed E-state index contributed by atoms with van der Waals surface area (Å²) in [6.07, 6.45) is 3.84. The van der Waals surface area contributed by atoms with Gasteiger partial charge in [0.05, 0.1) is 6.54 Å². The van der Waals surface area contributed by atoms with Crippen LogP contribution in [0.2, 0.25) is 0 Å². The second kappa shape index (κ2) is 8.08. The zero-order chi connectivity index (χ0) is 18.6. The molecule has 0 unspecified atom stereocenters. The van der Waals surface area contributed by atoms with E-state index < -0.39 is 0 Å². The summed E-state index contributed by atoms with van der Waals surface area (Å²) < 4.78 is 5.02. The van der Waals surface area contributed by atoms with Crippen molar-refractivity contribution in [2.75, 3.05) is 44.2 Å². The fourth-order valence-corrected chi connectivity index (χ4v) is 3.86. The van der Waals surface area contributed by atoms with Crippen molar-refractivity contribution in [3.8, 4) is 0 Å². The summed E-state index contributed by atoms with van der Waals surface area (Å²) in [5.74, 6) is 1.42. The van der Waals surface area contributed by atoms with Gasteiger partial charge in [0.2, 0.25) is 5.89 Å². The van der Waals surface area contributed by atoms with Gasteiger partial charge in [-0.3, -0.25) is 9.69 Å². The summed E-state index contributed by atoms with van der Waals surface area (Å²) in [4.78, 5) is 23.7. The fraction of sp³-hybridized carbons (Fsp3) is 0.550. The first-order chi connectivity index (χ1) is 13.2. The summed E-state index contributed by atoms with van der Waals surface area (Å²) >= 11 is 0. The topological polar surface area (TPSA) is 65.7 Å². The lowest BCUT2D eigenvalue weighted by Crippen LogP contribution is -2.48. The molecule has 1 amide bonds. The molecule has 0 spiro atoms. The highest BCUT2D eigenvalue weighted by molar-refractivity contribution is 5.94. The molecule has 3 heterocycles. The van der Waals surface area contributed by atoms with Gasteiger partial charge in [-0.25, -0.2) is 0 Å². The molecule has 1 aromatic carbocycles. The number of amides is 1. The molecule has 0 saturated carbocycles. The Hall–Kier alpha value is -2.41. The molecule has 4 rings (SSSR count). The summed E-state index contributed by atoms with van der Waals surface area (Å²) in [6, 6.07) is 8.13. The number of benzene rings is 1. The Morgan fingerprint density at radius 1 is 1.00 bits per heavy atom. The number of rotatable bonds is 4. The molecule has 7 heteroatoms. The zero-order valence-corrected chi connectivity index (χ0v) is 15.9. The normalized spacial score (nSPS) is 18.7. The Kier molecular flexibility index (Phi) is 5.38. The minimum atomic E-state index is 0.121. The molecule has 0 bridgehead atoms. The minimum Gasteiger partial charge on any atom is -0.372 e. The standard InChI is InChI=1S/C20H27N5O2/c1-16-21-19(22-27-16)15-23-11-13-25(14-12-23)20(26)17-5-7-18(8-6-17)24-9-3-2-4-10-24/h5-8H,2-4,9-15H2,1H3. The number of nitrogens with zero attached hydrogens (tertiary/aromatic N) is 5. The minimum absolute atomic E-state index is 0.121. The van der Waals surface area contributed by atoms with Gasteiger partial charge >= 0.3 is 0 Å². The Balaban J connectivity index is 1.31. The quantitative estimate of drug-likeness (QED) is 0.824. The van der Waals surface area contributed by atoms with Gasteiger partial charge in [-0.1, -0.05) is 5.16 Å². The van der Waals surface area contributed by atoms with E-state index in [-0.39, 0.29) is 5.91 Å². The first-order valence-electron chi connectivity index (χ1n) is 9.85. The van der Waals surface area contributed by atoms with Crippen molar-refractivity contribution in [2.24, 2.45) is 0 Å². The van der Waals surface area contributed by atoms with E-state index in [0.717, 1.165) is 44.8 Å². The Labute approximate surface area is 159 Å². The Bertz CT molecular complexity index is 759. The fourth-order valence-electron chi connectivity index (χ4n) is 3.86. The van der Waals surface area contributed by atoms with Gasteiger partial charge in [0.1, 0.15) is 0 Å². The average Bonchev–Trinajstić information content (AvgIpc) is 3.13. The van der Waals surface area contributed by atoms with Gasteiger partial charge in [-0.05, 0) is 43.5 Å². The molecule has 2 fully saturated rings. The van der Waals surface area contributed by atoms with Crippen molar-refractivity contribution in [1.82, 2.24) is 19.9 Å². The highest BCUT2D eigenvalue weighted by Gasteiger charge is 2.23. The molecular weight excluding hydrogens is 342 g/mol. The van der Waals surface area contributed by atoms with Crippen LogP contribution in [0, 0.1) is 6.92 Å². The molecule has 2 aliphatic heterocycles. The molecule has 0 aliphatic carbocycles. The van der Waals surface area contributed by atoms with Crippen LogP contribution >= 0.6 is 0 Å². The van der Waals surface area contributed by atoms with Crippen LogP contribution in [0.15, 0.2) is 28.8 Å². The largest absolute Gasteiger partial charge is 0.372 e. The lowest BCUT2D eigenvalue weighted by molar-refractivity contribution is 0.0624. The van der Waals surface area contributed by atoms with Crippen LogP contribution in [-0.2, 0) is 6.54 Å². The van der Waals surface area contributed by atoms with Crippen LogP contribution in [0.25, 0.3) is 0 Å². The van der Waals surface area contributed by atoms with E-state index in [1.165, 1.54) is 24.9 Å². The monoisotopic (exact) mass is 369 g/mol. The van der Waals surface area contributed by atoms with Crippen molar-refractivity contribution in [2.45, 2.75) is 32.7 Å². The number of hydrogen-bond acceptors (Lipinski definition) is 6. The summed E-state index contributed by atoms with van der Waals surface area (Å²) in [6.45, 7) is 7.81. The van der Waals surface area contributed by atoms with Gasteiger partial charge in [0.25, 0.3) is 5.91 Å². The molecule has 7 nitrogen and oxygen atoms in total. The Morgan fingerprint density at radius 2 is 1.70 bits per heavy atom. The maximum Gasteiger partial charge on any atom is 0.253 e.